The van der Waals surface area contributed by atoms with Crippen LogP contribution in [0.25, 0.3) is 33.5 Å². The summed E-state index contributed by atoms with van der Waals surface area (Å²) in [5, 5.41) is 0. The lowest BCUT2D eigenvalue weighted by Gasteiger charge is -2.25. The number of ether oxygens (including phenoxy) is 1. The number of carbonyl (C=O) groups excluding carboxylic acids is 1. The van der Waals surface area contributed by atoms with Gasteiger partial charge in [-0.25, -0.2) is 4.98 Å². The largest absolute Gasteiger partial charge is 0.491 e. The molecule has 0 radical (unpaired) electrons. The third-order valence-corrected chi connectivity index (χ3v) is 5.89. The van der Waals surface area contributed by atoms with Crippen molar-refractivity contribution < 1.29 is 13.9 Å². The van der Waals surface area contributed by atoms with Crippen LogP contribution >= 0.6 is 0 Å². The van der Waals surface area contributed by atoms with Crippen molar-refractivity contribution >= 4 is 39.7 Å². The number of amides is 1. The fourth-order valence-corrected chi connectivity index (χ4v) is 4.02. The minimum atomic E-state index is -0.459. The first-order chi connectivity index (χ1) is 14.9. The number of hydrogen-bond acceptors (Lipinski definition) is 7. The Hall–Kier alpha value is -3.75. The monoisotopic (exact) mass is 420 g/mol. The van der Waals surface area contributed by atoms with Gasteiger partial charge in [-0.05, 0) is 44.0 Å². The highest BCUT2D eigenvalue weighted by molar-refractivity contribution is 5.92. The molecule has 160 valence electrons. The van der Waals surface area contributed by atoms with Gasteiger partial charge in [0, 0.05) is 30.9 Å². The number of fused-ring (bicyclic) bond motifs is 1. The van der Waals surface area contributed by atoms with Crippen LogP contribution in [-0.2, 0) is 11.3 Å². The van der Waals surface area contributed by atoms with Crippen molar-refractivity contribution in [1.82, 2.24) is 14.5 Å². The Morgan fingerprint density at radius 2 is 2.03 bits per heavy atom. The molecule has 9 nitrogen and oxygen atoms in total. The van der Waals surface area contributed by atoms with Gasteiger partial charge in [-0.2, -0.15) is 4.98 Å². The zero-order valence-electron chi connectivity index (χ0n) is 17.5. The highest BCUT2D eigenvalue weighted by Crippen LogP contribution is 2.37. The second-order valence-corrected chi connectivity index (χ2v) is 7.88. The van der Waals surface area contributed by atoms with Crippen molar-refractivity contribution in [2.45, 2.75) is 32.4 Å². The number of hydrogen-bond donors (Lipinski definition) is 2. The van der Waals surface area contributed by atoms with E-state index in [0.29, 0.717) is 17.7 Å². The van der Waals surface area contributed by atoms with Gasteiger partial charge < -0.3 is 30.1 Å². The predicted molar refractivity (Wildman–Crippen MR) is 119 cm³/mol. The first-order valence-corrected chi connectivity index (χ1v) is 10.3. The van der Waals surface area contributed by atoms with Gasteiger partial charge in [0.05, 0.1) is 12.1 Å². The number of aromatic nitrogens is 3. The zero-order valence-corrected chi connectivity index (χ0v) is 17.5. The van der Waals surface area contributed by atoms with Crippen LogP contribution in [0.2, 0.25) is 0 Å². The molecule has 4 N–H and O–H groups in total. The standard InChI is InChI=1S/C22H24N6O3/c1-12(20(23)29)27(2)14-10-16-19-18(11-14)30-8-4-3-7-28(19)21(25-16)13-5-6-17-15(9-13)26-22(24)31-17/h5-6,9-12H,3-4,7-8H2,1-2H3,(H2,23,29)(H2,24,26). The molecule has 0 fully saturated rings. The van der Waals surface area contributed by atoms with E-state index in [4.69, 9.17) is 25.6 Å². The molecule has 1 amide bonds. The highest BCUT2D eigenvalue weighted by Gasteiger charge is 2.23. The number of rotatable bonds is 4. The minimum Gasteiger partial charge on any atom is -0.491 e. The second-order valence-electron chi connectivity index (χ2n) is 7.88. The Balaban J connectivity index is 1.70. The molecule has 3 heterocycles. The van der Waals surface area contributed by atoms with Crippen LogP contribution in [0, 0.1) is 0 Å². The average molecular weight is 420 g/mol. The number of benzene rings is 2. The summed E-state index contributed by atoms with van der Waals surface area (Å²) in [7, 11) is 1.84. The smallest absolute Gasteiger partial charge is 0.292 e. The molecule has 1 unspecified atom stereocenters. The van der Waals surface area contributed by atoms with Crippen molar-refractivity contribution in [2.75, 3.05) is 24.3 Å². The molecule has 1 atom stereocenters. The van der Waals surface area contributed by atoms with Gasteiger partial charge in [-0.15, -0.1) is 0 Å². The van der Waals surface area contributed by atoms with Gasteiger partial charge in [0.25, 0.3) is 6.01 Å². The van der Waals surface area contributed by atoms with Crippen molar-refractivity contribution in [3.8, 4) is 17.1 Å². The van der Waals surface area contributed by atoms with Gasteiger partial charge in [0.1, 0.15) is 28.6 Å². The molecule has 0 saturated carbocycles. The van der Waals surface area contributed by atoms with E-state index >= 15 is 0 Å². The SMILES string of the molecule is CC(C(N)=O)N(C)c1cc2c3c(c1)nc(-c1ccc4oc(N)nc4c1)n3CCCCO2. The van der Waals surface area contributed by atoms with E-state index in [2.05, 4.69) is 9.55 Å². The normalized spacial score (nSPS) is 14.8. The third-order valence-electron chi connectivity index (χ3n) is 5.89. The van der Waals surface area contributed by atoms with Crippen LogP contribution in [0.4, 0.5) is 11.7 Å². The number of anilines is 2. The van der Waals surface area contributed by atoms with E-state index in [1.807, 2.05) is 42.3 Å². The van der Waals surface area contributed by atoms with Crippen LogP contribution in [0.3, 0.4) is 0 Å². The number of carbonyl (C=O) groups is 1. The molecule has 1 aliphatic heterocycles. The molecule has 2 aromatic carbocycles. The zero-order chi connectivity index (χ0) is 21.7. The molecular formula is C22H24N6O3. The maximum atomic E-state index is 11.7. The molecule has 0 aliphatic carbocycles. The van der Waals surface area contributed by atoms with Gasteiger partial charge in [0.2, 0.25) is 5.91 Å². The molecule has 5 rings (SSSR count). The van der Waals surface area contributed by atoms with Crippen LogP contribution in [-0.4, -0.2) is 40.1 Å². The van der Waals surface area contributed by atoms with Crippen molar-refractivity contribution in [3.63, 3.8) is 0 Å². The van der Waals surface area contributed by atoms with E-state index in [0.717, 1.165) is 53.2 Å². The van der Waals surface area contributed by atoms with Crippen molar-refractivity contribution in [2.24, 2.45) is 5.73 Å². The number of nitrogens with two attached hydrogens (primary N) is 2. The minimum absolute atomic E-state index is 0.141. The fraction of sp³-hybridized carbons (Fsp3) is 0.318. The number of imidazole rings is 1. The summed E-state index contributed by atoms with van der Waals surface area (Å²) in [5.74, 6) is 1.19. The first-order valence-electron chi connectivity index (χ1n) is 10.3. The van der Waals surface area contributed by atoms with E-state index in [1.54, 1.807) is 6.92 Å². The lowest BCUT2D eigenvalue weighted by atomic mass is 10.1. The lowest BCUT2D eigenvalue weighted by Crippen LogP contribution is -2.40. The van der Waals surface area contributed by atoms with Crippen molar-refractivity contribution in [3.05, 3.63) is 30.3 Å². The van der Waals surface area contributed by atoms with E-state index in [9.17, 15) is 4.79 Å². The summed E-state index contributed by atoms with van der Waals surface area (Å²) < 4.78 is 13.7. The molecule has 31 heavy (non-hydrogen) atoms. The predicted octanol–water partition coefficient (Wildman–Crippen LogP) is 2.91. The first kappa shape index (κ1) is 19.2. The van der Waals surface area contributed by atoms with Gasteiger partial charge in [-0.1, -0.05) is 0 Å². The summed E-state index contributed by atoms with van der Waals surface area (Å²) in [6, 6.07) is 9.35. The summed E-state index contributed by atoms with van der Waals surface area (Å²) >= 11 is 0. The molecule has 2 aromatic heterocycles. The lowest BCUT2D eigenvalue weighted by molar-refractivity contribution is -0.118. The molecule has 4 aromatic rings. The maximum Gasteiger partial charge on any atom is 0.292 e. The van der Waals surface area contributed by atoms with Crippen LogP contribution < -0.4 is 21.1 Å². The maximum absolute atomic E-state index is 11.7. The van der Waals surface area contributed by atoms with Crippen molar-refractivity contribution in [1.29, 1.82) is 0 Å². The highest BCUT2D eigenvalue weighted by atomic mass is 16.5. The Kier molecular flexibility index (Phi) is 4.46. The van der Waals surface area contributed by atoms with E-state index < -0.39 is 11.9 Å². The average Bonchev–Trinajstić information content (AvgIpc) is 3.28. The summed E-state index contributed by atoms with van der Waals surface area (Å²) in [5.41, 5.74) is 16.0. The molecular weight excluding hydrogens is 396 g/mol. The number of primary amides is 1. The molecule has 1 aliphatic rings. The second kappa shape index (κ2) is 7.19. The van der Waals surface area contributed by atoms with Crippen LogP contribution in [0.5, 0.6) is 5.75 Å². The third kappa shape index (κ3) is 3.22. The fourth-order valence-electron chi connectivity index (χ4n) is 4.02. The molecule has 9 heteroatoms. The van der Waals surface area contributed by atoms with Gasteiger partial charge in [-0.3, -0.25) is 4.79 Å². The van der Waals surface area contributed by atoms with Gasteiger partial charge in [0.15, 0.2) is 5.58 Å². The van der Waals surface area contributed by atoms with Crippen LogP contribution in [0.15, 0.2) is 34.7 Å². The Bertz CT molecular complexity index is 1310. The summed E-state index contributed by atoms with van der Waals surface area (Å²) in [6.07, 6.45) is 1.92. The molecule has 0 spiro atoms. The number of aryl methyl sites for hydroxylation is 1. The van der Waals surface area contributed by atoms with Gasteiger partial charge >= 0.3 is 0 Å². The number of oxazole rings is 1. The summed E-state index contributed by atoms with van der Waals surface area (Å²) in [6.45, 7) is 3.24. The van der Waals surface area contributed by atoms with E-state index in [1.165, 1.54) is 0 Å². The number of likely N-dealkylation sites (N-methyl/N-ethyl adjacent to an activating group) is 1. The summed E-state index contributed by atoms with van der Waals surface area (Å²) in [4.78, 5) is 22.7. The quantitative estimate of drug-likeness (QED) is 0.520. The number of nitrogen functional groups attached to an aromatic ring is 1. The Morgan fingerprint density at radius 1 is 1.19 bits per heavy atom. The molecule has 0 bridgehead atoms. The van der Waals surface area contributed by atoms with Crippen LogP contribution in [0.1, 0.15) is 19.8 Å². The number of nitrogens with zero attached hydrogens (tertiary/aromatic N) is 4. The van der Waals surface area contributed by atoms with E-state index in [-0.39, 0.29) is 6.01 Å². The Labute approximate surface area is 178 Å². The Morgan fingerprint density at radius 3 is 2.84 bits per heavy atom. The topological polar surface area (TPSA) is 125 Å². The molecule has 0 saturated heterocycles.